The molecule has 0 spiro atoms. The van der Waals surface area contributed by atoms with Gasteiger partial charge in [0.05, 0.1) is 18.7 Å². The minimum Gasteiger partial charge on any atom is -0.496 e. The second kappa shape index (κ2) is 7.35. The molecule has 0 bridgehead atoms. The number of aromatic nitrogens is 4. The van der Waals surface area contributed by atoms with Crippen LogP contribution in [0.15, 0.2) is 30.5 Å². The molecule has 7 nitrogen and oxygen atoms in total. The van der Waals surface area contributed by atoms with E-state index in [0.717, 1.165) is 28.2 Å². The van der Waals surface area contributed by atoms with Crippen LogP contribution in [-0.4, -0.2) is 41.0 Å². The van der Waals surface area contributed by atoms with Gasteiger partial charge in [0.2, 0.25) is 5.95 Å². The summed E-state index contributed by atoms with van der Waals surface area (Å²) in [6, 6.07) is 7.92. The Balaban J connectivity index is 0.00000208. The molecule has 0 radical (unpaired) electrons. The molecular formula is C16H21ClN6O. The van der Waals surface area contributed by atoms with Crippen LogP contribution in [0.2, 0.25) is 0 Å². The fraction of sp³-hybridized carbons (Fsp3) is 0.312. The molecule has 0 aliphatic carbocycles. The standard InChI is InChI=1S/C16H20N6O.ClH/c1-21(2)16-19-14(12-10-18-22(3)15(12)20-16)17-9-11-7-5-6-8-13(11)23-4;/h5-8,10H,9H2,1-4H3,(H,17,19,20);1H. The average molecular weight is 349 g/mol. The van der Waals surface area contributed by atoms with Crippen molar-refractivity contribution >= 4 is 35.2 Å². The first-order chi connectivity index (χ1) is 11.1. The lowest BCUT2D eigenvalue weighted by molar-refractivity contribution is 0.410. The van der Waals surface area contributed by atoms with Gasteiger partial charge in [0, 0.05) is 33.3 Å². The molecule has 1 N–H and O–H groups in total. The van der Waals surface area contributed by atoms with E-state index in [2.05, 4.69) is 20.4 Å². The highest BCUT2D eigenvalue weighted by Gasteiger charge is 2.13. The predicted octanol–water partition coefficient (Wildman–Crippen LogP) is 2.47. The number of halogens is 1. The summed E-state index contributed by atoms with van der Waals surface area (Å²) >= 11 is 0. The highest BCUT2D eigenvalue weighted by molar-refractivity contribution is 5.87. The SMILES string of the molecule is COc1ccccc1CNc1nc(N(C)C)nc2c1cnn2C.Cl. The van der Waals surface area contributed by atoms with Gasteiger partial charge in [-0.15, -0.1) is 12.4 Å². The predicted molar refractivity (Wildman–Crippen MR) is 98.2 cm³/mol. The van der Waals surface area contributed by atoms with Gasteiger partial charge in [-0.1, -0.05) is 18.2 Å². The Morgan fingerprint density at radius 1 is 1.21 bits per heavy atom. The quantitative estimate of drug-likeness (QED) is 0.764. The van der Waals surface area contributed by atoms with E-state index in [-0.39, 0.29) is 12.4 Å². The second-order valence-electron chi connectivity index (χ2n) is 5.44. The van der Waals surface area contributed by atoms with Crippen molar-refractivity contribution in [3.05, 3.63) is 36.0 Å². The third kappa shape index (κ3) is 3.35. The Kier molecular flexibility index (Phi) is 5.46. The van der Waals surface area contributed by atoms with E-state index in [1.54, 1.807) is 18.0 Å². The Bertz CT molecular complexity index is 833. The number of aryl methyl sites for hydroxylation is 1. The van der Waals surface area contributed by atoms with Gasteiger partial charge < -0.3 is 15.0 Å². The van der Waals surface area contributed by atoms with Crippen LogP contribution in [0.3, 0.4) is 0 Å². The lowest BCUT2D eigenvalue weighted by atomic mass is 10.2. The summed E-state index contributed by atoms with van der Waals surface area (Å²) in [5.74, 6) is 2.26. The minimum atomic E-state index is 0. The minimum absolute atomic E-state index is 0. The number of ether oxygens (including phenoxy) is 1. The van der Waals surface area contributed by atoms with Crippen LogP contribution in [0.25, 0.3) is 11.0 Å². The fourth-order valence-corrected chi connectivity index (χ4v) is 2.37. The van der Waals surface area contributed by atoms with Crippen LogP contribution in [-0.2, 0) is 13.6 Å². The van der Waals surface area contributed by atoms with E-state index in [0.29, 0.717) is 12.5 Å². The summed E-state index contributed by atoms with van der Waals surface area (Å²) in [5.41, 5.74) is 1.86. The Morgan fingerprint density at radius 3 is 2.67 bits per heavy atom. The van der Waals surface area contributed by atoms with Crippen molar-refractivity contribution in [3.63, 3.8) is 0 Å². The molecule has 0 atom stereocenters. The van der Waals surface area contributed by atoms with E-state index in [1.807, 2.05) is 50.3 Å². The number of benzene rings is 1. The van der Waals surface area contributed by atoms with Crippen molar-refractivity contribution in [2.24, 2.45) is 7.05 Å². The molecule has 0 saturated carbocycles. The zero-order valence-electron chi connectivity index (χ0n) is 14.1. The molecular weight excluding hydrogens is 328 g/mol. The molecule has 0 unspecified atom stereocenters. The van der Waals surface area contributed by atoms with Gasteiger partial charge in [-0.05, 0) is 6.07 Å². The molecule has 2 heterocycles. The van der Waals surface area contributed by atoms with Gasteiger partial charge >= 0.3 is 0 Å². The van der Waals surface area contributed by atoms with E-state index in [9.17, 15) is 0 Å². The number of fused-ring (bicyclic) bond motifs is 1. The Morgan fingerprint density at radius 2 is 1.96 bits per heavy atom. The number of rotatable bonds is 5. The number of para-hydroxylation sites is 1. The fourth-order valence-electron chi connectivity index (χ4n) is 2.37. The molecule has 8 heteroatoms. The number of nitrogens with zero attached hydrogens (tertiary/aromatic N) is 5. The molecule has 128 valence electrons. The summed E-state index contributed by atoms with van der Waals surface area (Å²) in [6.45, 7) is 0.609. The highest BCUT2D eigenvalue weighted by Crippen LogP contribution is 2.24. The van der Waals surface area contributed by atoms with Gasteiger partial charge in [-0.2, -0.15) is 15.1 Å². The van der Waals surface area contributed by atoms with Crippen LogP contribution in [0, 0.1) is 0 Å². The maximum absolute atomic E-state index is 5.39. The van der Waals surface area contributed by atoms with Gasteiger partial charge in [0.25, 0.3) is 0 Å². The molecule has 0 aliphatic heterocycles. The van der Waals surface area contributed by atoms with Crippen LogP contribution in [0.4, 0.5) is 11.8 Å². The van der Waals surface area contributed by atoms with Crippen molar-refractivity contribution in [3.8, 4) is 5.75 Å². The van der Waals surface area contributed by atoms with E-state index >= 15 is 0 Å². The molecule has 3 rings (SSSR count). The maximum Gasteiger partial charge on any atom is 0.228 e. The molecule has 0 saturated heterocycles. The van der Waals surface area contributed by atoms with Gasteiger partial charge in [-0.3, -0.25) is 4.68 Å². The van der Waals surface area contributed by atoms with Crippen LogP contribution in [0.1, 0.15) is 5.56 Å². The largest absolute Gasteiger partial charge is 0.496 e. The summed E-state index contributed by atoms with van der Waals surface area (Å²) in [7, 11) is 7.38. The number of nitrogens with one attached hydrogen (secondary N) is 1. The van der Waals surface area contributed by atoms with E-state index in [4.69, 9.17) is 4.74 Å². The Labute approximate surface area is 147 Å². The molecule has 0 fully saturated rings. The van der Waals surface area contributed by atoms with Crippen molar-refractivity contribution in [1.82, 2.24) is 19.7 Å². The van der Waals surface area contributed by atoms with Crippen molar-refractivity contribution in [2.75, 3.05) is 31.4 Å². The first-order valence-electron chi connectivity index (χ1n) is 7.33. The summed E-state index contributed by atoms with van der Waals surface area (Å²) in [4.78, 5) is 11.0. The summed E-state index contributed by atoms with van der Waals surface area (Å²) < 4.78 is 7.14. The van der Waals surface area contributed by atoms with Crippen molar-refractivity contribution in [1.29, 1.82) is 0 Å². The third-order valence-corrected chi connectivity index (χ3v) is 3.62. The van der Waals surface area contributed by atoms with Crippen LogP contribution < -0.4 is 15.0 Å². The van der Waals surface area contributed by atoms with E-state index < -0.39 is 0 Å². The van der Waals surface area contributed by atoms with Crippen molar-refractivity contribution in [2.45, 2.75) is 6.54 Å². The average Bonchev–Trinajstić information content (AvgIpc) is 2.94. The molecule has 1 aromatic carbocycles. The summed E-state index contributed by atoms with van der Waals surface area (Å²) in [5, 5.41) is 8.55. The number of anilines is 2. The zero-order chi connectivity index (χ0) is 16.4. The smallest absolute Gasteiger partial charge is 0.228 e. The topological polar surface area (TPSA) is 68.1 Å². The lowest BCUT2D eigenvalue weighted by Crippen LogP contribution is -2.15. The van der Waals surface area contributed by atoms with Crippen LogP contribution >= 0.6 is 12.4 Å². The first-order valence-corrected chi connectivity index (χ1v) is 7.33. The Hall–Kier alpha value is -2.54. The maximum atomic E-state index is 5.39. The molecule has 0 aliphatic rings. The lowest BCUT2D eigenvalue weighted by Gasteiger charge is -2.14. The van der Waals surface area contributed by atoms with Crippen LogP contribution in [0.5, 0.6) is 5.75 Å². The zero-order valence-corrected chi connectivity index (χ0v) is 15.0. The monoisotopic (exact) mass is 348 g/mol. The molecule has 0 amide bonds. The summed E-state index contributed by atoms with van der Waals surface area (Å²) in [6.07, 6.45) is 1.78. The van der Waals surface area contributed by atoms with Gasteiger partial charge in [0.1, 0.15) is 11.6 Å². The van der Waals surface area contributed by atoms with Gasteiger partial charge in [0.15, 0.2) is 5.65 Å². The highest BCUT2D eigenvalue weighted by atomic mass is 35.5. The number of methoxy groups -OCH3 is 1. The van der Waals surface area contributed by atoms with Crippen molar-refractivity contribution < 1.29 is 4.74 Å². The first kappa shape index (κ1) is 17.8. The normalized spacial score (nSPS) is 10.3. The molecule has 24 heavy (non-hydrogen) atoms. The number of hydrogen-bond donors (Lipinski definition) is 1. The second-order valence-corrected chi connectivity index (χ2v) is 5.44. The molecule has 3 aromatic rings. The third-order valence-electron chi connectivity index (χ3n) is 3.62. The molecule has 2 aromatic heterocycles. The van der Waals surface area contributed by atoms with Gasteiger partial charge in [-0.25, -0.2) is 0 Å². The number of hydrogen-bond acceptors (Lipinski definition) is 6. The van der Waals surface area contributed by atoms with E-state index in [1.165, 1.54) is 0 Å².